The number of ether oxygens (including phenoxy) is 1. The van der Waals surface area contributed by atoms with Crippen molar-refractivity contribution in [2.24, 2.45) is 0 Å². The molecule has 0 aromatic heterocycles. The molecule has 0 saturated carbocycles. The van der Waals surface area contributed by atoms with Crippen molar-refractivity contribution >= 4 is 17.7 Å². The number of amides is 1. The van der Waals surface area contributed by atoms with Gasteiger partial charge in [-0.2, -0.15) is 0 Å². The molecule has 0 bridgehead atoms. The van der Waals surface area contributed by atoms with E-state index in [9.17, 15) is 22.4 Å². The fraction of sp³-hybridized carbons (Fsp3) is 0.278. The molecule has 0 aliphatic heterocycles. The summed E-state index contributed by atoms with van der Waals surface area (Å²) in [5.74, 6) is -0.373. The average molecular weight is 387 g/mol. The average Bonchev–Trinajstić information content (AvgIpc) is 2.57. The SMILES string of the molecule is CN(Cc1ccccc1OC(F)(F)F)C(=O)CCSc1ccc(F)cc1. The number of hydrogen-bond acceptors (Lipinski definition) is 3. The number of para-hydroxylation sites is 1. The van der Waals surface area contributed by atoms with Crippen LogP contribution >= 0.6 is 11.8 Å². The summed E-state index contributed by atoms with van der Waals surface area (Å²) in [5, 5.41) is 0. The third-order valence-corrected chi connectivity index (χ3v) is 4.44. The Hall–Kier alpha value is -2.22. The molecule has 0 unspecified atom stereocenters. The summed E-state index contributed by atoms with van der Waals surface area (Å²) >= 11 is 1.40. The standard InChI is InChI=1S/C18H17F4NO2S/c1-23(12-13-4-2-3-5-16(13)25-18(20,21)22)17(24)10-11-26-15-8-6-14(19)7-9-15/h2-9H,10-12H2,1H3. The molecule has 0 heterocycles. The van der Waals surface area contributed by atoms with Crippen LogP contribution in [0.2, 0.25) is 0 Å². The zero-order chi connectivity index (χ0) is 19.2. The molecular formula is C18H17F4NO2S. The van der Waals surface area contributed by atoms with Crippen LogP contribution in [-0.4, -0.2) is 30.0 Å². The maximum absolute atomic E-state index is 12.8. The summed E-state index contributed by atoms with van der Waals surface area (Å²) in [6.45, 7) is 0.00625. The molecular weight excluding hydrogens is 370 g/mol. The topological polar surface area (TPSA) is 29.5 Å². The number of rotatable bonds is 7. The van der Waals surface area contributed by atoms with E-state index in [0.717, 1.165) is 4.90 Å². The second kappa shape index (κ2) is 8.93. The molecule has 0 spiro atoms. The van der Waals surface area contributed by atoms with E-state index in [1.807, 2.05) is 0 Å². The van der Waals surface area contributed by atoms with Gasteiger partial charge in [0.1, 0.15) is 11.6 Å². The minimum Gasteiger partial charge on any atom is -0.405 e. The van der Waals surface area contributed by atoms with Crippen molar-refractivity contribution in [2.45, 2.75) is 24.2 Å². The van der Waals surface area contributed by atoms with Crippen LogP contribution in [0.1, 0.15) is 12.0 Å². The van der Waals surface area contributed by atoms with Crippen molar-refractivity contribution in [1.29, 1.82) is 0 Å². The molecule has 2 aromatic carbocycles. The Kier molecular flexibility index (Phi) is 6.90. The highest BCUT2D eigenvalue weighted by molar-refractivity contribution is 7.99. The monoisotopic (exact) mass is 387 g/mol. The van der Waals surface area contributed by atoms with E-state index in [-0.39, 0.29) is 36.0 Å². The van der Waals surface area contributed by atoms with E-state index < -0.39 is 6.36 Å². The third-order valence-electron chi connectivity index (χ3n) is 3.43. The first-order valence-electron chi connectivity index (χ1n) is 7.70. The van der Waals surface area contributed by atoms with Crippen LogP contribution in [0.25, 0.3) is 0 Å². The lowest BCUT2D eigenvalue weighted by atomic mass is 10.2. The fourth-order valence-corrected chi connectivity index (χ4v) is 3.02. The van der Waals surface area contributed by atoms with Gasteiger partial charge in [-0.25, -0.2) is 4.39 Å². The summed E-state index contributed by atoms with van der Waals surface area (Å²) < 4.78 is 54.1. The van der Waals surface area contributed by atoms with E-state index in [2.05, 4.69) is 4.74 Å². The molecule has 2 rings (SSSR count). The summed E-state index contributed by atoms with van der Waals surface area (Å²) in [4.78, 5) is 14.4. The Morgan fingerprint density at radius 1 is 1.12 bits per heavy atom. The normalized spacial score (nSPS) is 11.3. The minimum atomic E-state index is -4.79. The van der Waals surface area contributed by atoms with Gasteiger partial charge in [0.05, 0.1) is 0 Å². The van der Waals surface area contributed by atoms with Crippen LogP contribution in [0.5, 0.6) is 5.75 Å². The number of hydrogen-bond donors (Lipinski definition) is 0. The summed E-state index contributed by atoms with van der Waals surface area (Å²) in [7, 11) is 1.52. The van der Waals surface area contributed by atoms with Gasteiger partial charge in [0.2, 0.25) is 5.91 Å². The molecule has 0 aliphatic rings. The Labute approximate surface area is 152 Å². The van der Waals surface area contributed by atoms with Gasteiger partial charge >= 0.3 is 6.36 Å². The molecule has 1 amide bonds. The van der Waals surface area contributed by atoms with E-state index in [1.165, 1.54) is 54.0 Å². The Morgan fingerprint density at radius 2 is 1.77 bits per heavy atom. The smallest absolute Gasteiger partial charge is 0.405 e. The van der Waals surface area contributed by atoms with Crippen molar-refractivity contribution in [3.8, 4) is 5.75 Å². The molecule has 3 nitrogen and oxygen atoms in total. The zero-order valence-electron chi connectivity index (χ0n) is 13.9. The number of alkyl halides is 3. The lowest BCUT2D eigenvalue weighted by molar-refractivity contribution is -0.275. The number of carbonyl (C=O) groups excluding carboxylic acids is 1. The van der Waals surface area contributed by atoms with E-state index in [1.54, 1.807) is 18.2 Å². The maximum Gasteiger partial charge on any atom is 0.573 e. The number of nitrogens with zero attached hydrogens (tertiary/aromatic N) is 1. The van der Waals surface area contributed by atoms with Crippen molar-refractivity contribution in [3.63, 3.8) is 0 Å². The molecule has 140 valence electrons. The highest BCUT2D eigenvalue weighted by Crippen LogP contribution is 2.27. The van der Waals surface area contributed by atoms with Crippen LogP contribution in [0.15, 0.2) is 53.4 Å². The van der Waals surface area contributed by atoms with Gasteiger partial charge in [-0.3, -0.25) is 4.79 Å². The van der Waals surface area contributed by atoms with Crippen LogP contribution < -0.4 is 4.74 Å². The summed E-state index contributed by atoms with van der Waals surface area (Å²) in [6.07, 6.45) is -4.58. The first-order valence-corrected chi connectivity index (χ1v) is 8.69. The molecule has 2 aromatic rings. The predicted molar refractivity (Wildman–Crippen MR) is 91.3 cm³/mol. The number of halogens is 4. The van der Waals surface area contributed by atoms with Crippen molar-refractivity contribution < 1.29 is 27.1 Å². The molecule has 0 N–H and O–H groups in total. The van der Waals surface area contributed by atoms with Gasteiger partial charge in [0, 0.05) is 36.2 Å². The lowest BCUT2D eigenvalue weighted by Gasteiger charge is -2.20. The molecule has 26 heavy (non-hydrogen) atoms. The number of benzene rings is 2. The van der Waals surface area contributed by atoms with Crippen molar-refractivity contribution in [1.82, 2.24) is 4.90 Å². The molecule has 0 fully saturated rings. The maximum atomic E-state index is 12.8. The van der Waals surface area contributed by atoms with Crippen molar-refractivity contribution in [3.05, 3.63) is 59.9 Å². The third kappa shape index (κ3) is 6.59. The van der Waals surface area contributed by atoms with Gasteiger partial charge < -0.3 is 9.64 Å². The number of carbonyl (C=O) groups is 1. The van der Waals surface area contributed by atoms with E-state index in [4.69, 9.17) is 0 Å². The Balaban J connectivity index is 1.88. The van der Waals surface area contributed by atoms with Crippen LogP contribution in [-0.2, 0) is 11.3 Å². The summed E-state index contributed by atoms with van der Waals surface area (Å²) in [6, 6.07) is 11.6. The first kappa shape index (κ1) is 20.1. The van der Waals surface area contributed by atoms with Crippen LogP contribution in [0.3, 0.4) is 0 Å². The molecule has 8 heteroatoms. The quantitative estimate of drug-likeness (QED) is 0.502. The van der Waals surface area contributed by atoms with E-state index in [0.29, 0.717) is 5.75 Å². The second-order valence-electron chi connectivity index (χ2n) is 5.46. The fourth-order valence-electron chi connectivity index (χ4n) is 2.18. The molecule has 0 radical (unpaired) electrons. The molecule has 0 aliphatic carbocycles. The first-order chi connectivity index (χ1) is 12.2. The molecule has 0 saturated heterocycles. The predicted octanol–water partition coefficient (Wildman–Crippen LogP) is 4.87. The number of thioether (sulfide) groups is 1. The van der Waals surface area contributed by atoms with Crippen LogP contribution in [0, 0.1) is 5.82 Å². The van der Waals surface area contributed by atoms with Crippen LogP contribution in [0.4, 0.5) is 17.6 Å². The lowest BCUT2D eigenvalue weighted by Crippen LogP contribution is -2.27. The van der Waals surface area contributed by atoms with E-state index >= 15 is 0 Å². The van der Waals surface area contributed by atoms with Gasteiger partial charge in [-0.1, -0.05) is 18.2 Å². The van der Waals surface area contributed by atoms with Gasteiger partial charge in [-0.15, -0.1) is 24.9 Å². The zero-order valence-corrected chi connectivity index (χ0v) is 14.7. The largest absolute Gasteiger partial charge is 0.573 e. The molecule has 0 atom stereocenters. The van der Waals surface area contributed by atoms with Gasteiger partial charge in [0.25, 0.3) is 0 Å². The van der Waals surface area contributed by atoms with Gasteiger partial charge in [-0.05, 0) is 30.3 Å². The second-order valence-corrected chi connectivity index (χ2v) is 6.63. The van der Waals surface area contributed by atoms with Crippen molar-refractivity contribution in [2.75, 3.05) is 12.8 Å². The highest BCUT2D eigenvalue weighted by Gasteiger charge is 2.32. The Bertz CT molecular complexity index is 735. The van der Waals surface area contributed by atoms with Gasteiger partial charge in [0.15, 0.2) is 0 Å². The summed E-state index contributed by atoms with van der Waals surface area (Å²) in [5.41, 5.74) is 0.270. The minimum absolute atomic E-state index is 0.00625. The Morgan fingerprint density at radius 3 is 2.42 bits per heavy atom. The highest BCUT2D eigenvalue weighted by atomic mass is 32.2.